The first-order valence-electron chi connectivity index (χ1n) is 20.3. The lowest BCUT2D eigenvalue weighted by Gasteiger charge is -2.27. The van der Waals surface area contributed by atoms with Crippen molar-refractivity contribution in [3.63, 3.8) is 0 Å². The van der Waals surface area contributed by atoms with Crippen molar-refractivity contribution in [1.82, 2.24) is 36.6 Å². The van der Waals surface area contributed by atoms with Crippen molar-refractivity contribution >= 4 is 47.4 Å². The van der Waals surface area contributed by atoms with Crippen LogP contribution in [0.4, 0.5) is 0 Å². The number of carboxylic acid groups (broad SMARTS) is 1. The van der Waals surface area contributed by atoms with Gasteiger partial charge < -0.3 is 71.1 Å². The van der Waals surface area contributed by atoms with Crippen LogP contribution in [0.15, 0.2) is 52.8 Å². The van der Waals surface area contributed by atoms with Gasteiger partial charge in [0.05, 0.1) is 12.4 Å². The highest BCUT2D eigenvalue weighted by Crippen LogP contribution is 2.11. The Kier molecular flexibility index (Phi) is 22.9. The van der Waals surface area contributed by atoms with Crippen LogP contribution in [0.1, 0.15) is 76.5 Å². The van der Waals surface area contributed by atoms with Crippen LogP contribution in [0, 0.1) is 5.92 Å². The molecular formula is C39H65N15O7. The average molecular weight is 856 g/mol. The third-order valence-corrected chi connectivity index (χ3v) is 9.31. The van der Waals surface area contributed by atoms with E-state index < -0.39 is 71.8 Å². The Hall–Kier alpha value is -6.29. The van der Waals surface area contributed by atoms with E-state index in [1.54, 1.807) is 30.3 Å². The number of imidazole rings is 1. The van der Waals surface area contributed by atoms with Crippen molar-refractivity contribution in [3.05, 3.63) is 54.1 Å². The number of carboxylic acids is 1. The fourth-order valence-electron chi connectivity index (χ4n) is 6.16. The number of nitrogens with zero attached hydrogens (tertiary/aromatic N) is 3. The number of unbranched alkanes of at least 4 members (excludes halogenated alkanes) is 1. The molecule has 6 atom stereocenters. The lowest BCUT2D eigenvalue weighted by molar-refractivity contribution is -0.142. The van der Waals surface area contributed by atoms with Gasteiger partial charge in [0.25, 0.3) is 0 Å². The molecule has 0 saturated carbocycles. The zero-order chi connectivity index (χ0) is 45.3. The molecule has 2 rings (SSSR count). The van der Waals surface area contributed by atoms with Crippen LogP contribution in [-0.4, -0.2) is 118 Å². The van der Waals surface area contributed by atoms with E-state index in [0.29, 0.717) is 43.5 Å². The Balaban J connectivity index is 2.42. The van der Waals surface area contributed by atoms with Gasteiger partial charge in [0.1, 0.15) is 30.2 Å². The molecule has 1 aromatic carbocycles. The summed E-state index contributed by atoms with van der Waals surface area (Å²) >= 11 is 0. The molecule has 1 aromatic heterocycles. The van der Waals surface area contributed by atoms with E-state index in [1.165, 1.54) is 12.5 Å². The van der Waals surface area contributed by atoms with Gasteiger partial charge in [-0.2, -0.15) is 0 Å². The molecule has 0 radical (unpaired) electrons. The largest absolute Gasteiger partial charge is 0.480 e. The zero-order valence-electron chi connectivity index (χ0n) is 35.0. The normalized spacial score (nSPS) is 13.9. The van der Waals surface area contributed by atoms with Gasteiger partial charge in [-0.15, -0.1) is 0 Å². The standard InChI is InChI=1S/C39H65N15O7/c1-23(2)18-26(41)32(55)50-28(13-8-16-47-38(42)43)33(56)51-27(12-6-7-15-40)34(57)53-30(19-24-10-4-3-5-11-24)35(58)54-31(20-25-21-46-22-49-25)36(59)52-29(37(60)61)14-9-17-48-39(44)45/h3-5,10-11,21-23,26-31H,6-9,12-20,40-41H2,1-2H3,(H,46,49)(H,50,55)(H,51,56)(H,52,59)(H,53,57)(H,54,58)(H,60,61)(H4,42,43,47)(H4,44,45,48)/t26-,27-,28-,29-,30-,31-/m0/s1. The van der Waals surface area contributed by atoms with Crippen molar-refractivity contribution in [2.75, 3.05) is 19.6 Å². The minimum Gasteiger partial charge on any atom is -0.480 e. The van der Waals surface area contributed by atoms with Gasteiger partial charge in [-0.25, -0.2) is 9.78 Å². The van der Waals surface area contributed by atoms with Crippen molar-refractivity contribution in [1.29, 1.82) is 0 Å². The Morgan fingerprint density at radius 3 is 1.64 bits per heavy atom. The first-order chi connectivity index (χ1) is 29.0. The number of nitrogens with one attached hydrogen (secondary N) is 6. The van der Waals surface area contributed by atoms with Crippen LogP contribution in [0.5, 0.6) is 0 Å². The monoisotopic (exact) mass is 856 g/mol. The van der Waals surface area contributed by atoms with E-state index in [9.17, 15) is 33.9 Å². The fourth-order valence-corrected chi connectivity index (χ4v) is 6.16. The van der Waals surface area contributed by atoms with E-state index >= 15 is 0 Å². The van der Waals surface area contributed by atoms with Crippen molar-refractivity contribution in [3.8, 4) is 0 Å². The molecule has 19 N–H and O–H groups in total. The van der Waals surface area contributed by atoms with Crippen molar-refractivity contribution < 1.29 is 33.9 Å². The van der Waals surface area contributed by atoms with Gasteiger partial charge in [-0.1, -0.05) is 44.2 Å². The van der Waals surface area contributed by atoms with Crippen LogP contribution >= 0.6 is 0 Å². The van der Waals surface area contributed by atoms with Gasteiger partial charge in [0.2, 0.25) is 29.5 Å². The Bertz CT molecular complexity index is 1730. The number of benzene rings is 1. The lowest BCUT2D eigenvalue weighted by atomic mass is 10.0. The number of aromatic nitrogens is 2. The maximum absolute atomic E-state index is 14.2. The quantitative estimate of drug-likeness (QED) is 0.0225. The molecule has 338 valence electrons. The van der Waals surface area contributed by atoms with Gasteiger partial charge >= 0.3 is 5.97 Å². The molecule has 22 nitrogen and oxygen atoms in total. The summed E-state index contributed by atoms with van der Waals surface area (Å²) in [6.07, 6.45) is 4.76. The number of rotatable bonds is 29. The number of aliphatic imine (C=N–C) groups is 2. The smallest absolute Gasteiger partial charge is 0.326 e. The van der Waals surface area contributed by atoms with Gasteiger partial charge in [0, 0.05) is 37.8 Å². The number of carbonyl (C=O) groups excluding carboxylic acids is 5. The molecule has 0 fully saturated rings. The summed E-state index contributed by atoms with van der Waals surface area (Å²) in [6.45, 7) is 4.44. The average Bonchev–Trinajstić information content (AvgIpc) is 3.72. The van der Waals surface area contributed by atoms with Crippen LogP contribution in [0.3, 0.4) is 0 Å². The number of guanidine groups is 2. The van der Waals surface area contributed by atoms with Crippen molar-refractivity contribution in [2.45, 2.75) is 114 Å². The minimum atomic E-state index is -1.34. The molecular weight excluding hydrogens is 791 g/mol. The van der Waals surface area contributed by atoms with E-state index in [0.717, 1.165) is 0 Å². The summed E-state index contributed by atoms with van der Waals surface area (Å²) in [5, 5.41) is 23.3. The number of aliphatic carboxylic acids is 1. The summed E-state index contributed by atoms with van der Waals surface area (Å²) < 4.78 is 0. The Morgan fingerprint density at radius 1 is 0.672 bits per heavy atom. The number of hydrogen-bond donors (Lipinski definition) is 13. The van der Waals surface area contributed by atoms with E-state index in [-0.39, 0.29) is 69.5 Å². The van der Waals surface area contributed by atoms with Crippen LogP contribution < -0.4 is 61.0 Å². The second kappa shape index (κ2) is 27.5. The number of aromatic amines is 1. The highest BCUT2D eigenvalue weighted by Gasteiger charge is 2.33. The summed E-state index contributed by atoms with van der Waals surface area (Å²) in [6, 6.07) is 1.64. The van der Waals surface area contributed by atoms with E-state index in [4.69, 9.17) is 34.4 Å². The molecule has 0 bridgehead atoms. The maximum atomic E-state index is 14.2. The number of carbonyl (C=O) groups is 6. The number of amides is 5. The molecule has 1 heterocycles. The van der Waals surface area contributed by atoms with E-state index in [2.05, 4.69) is 46.5 Å². The lowest BCUT2D eigenvalue weighted by Crippen LogP contribution is -2.60. The zero-order valence-corrected chi connectivity index (χ0v) is 35.0. The van der Waals surface area contributed by atoms with Crippen LogP contribution in [0.2, 0.25) is 0 Å². The summed E-state index contributed by atoms with van der Waals surface area (Å²) in [5.41, 5.74) is 34.6. The predicted molar refractivity (Wildman–Crippen MR) is 230 cm³/mol. The molecule has 0 aliphatic rings. The Morgan fingerprint density at radius 2 is 1.15 bits per heavy atom. The summed E-state index contributed by atoms with van der Waals surface area (Å²) in [5.74, 6) is -5.02. The maximum Gasteiger partial charge on any atom is 0.326 e. The Labute approximate surface area is 355 Å². The molecule has 61 heavy (non-hydrogen) atoms. The minimum absolute atomic E-state index is 0.0158. The second-order valence-electron chi connectivity index (χ2n) is 15.0. The molecule has 0 aliphatic heterocycles. The molecule has 0 unspecified atom stereocenters. The number of H-pyrrole nitrogens is 1. The van der Waals surface area contributed by atoms with Gasteiger partial charge in [-0.3, -0.25) is 34.0 Å². The first kappa shape index (κ1) is 50.9. The van der Waals surface area contributed by atoms with Crippen molar-refractivity contribution in [2.24, 2.45) is 50.3 Å². The van der Waals surface area contributed by atoms with Crippen LogP contribution in [0.25, 0.3) is 0 Å². The first-order valence-corrected chi connectivity index (χ1v) is 20.3. The topological polar surface area (TPSA) is 392 Å². The number of hydrogen-bond acceptors (Lipinski definition) is 11. The van der Waals surface area contributed by atoms with Gasteiger partial charge in [0.15, 0.2) is 11.9 Å². The summed E-state index contributed by atoms with van der Waals surface area (Å²) in [4.78, 5) is 95.8. The predicted octanol–water partition coefficient (Wildman–Crippen LogP) is -2.69. The molecule has 0 saturated heterocycles. The van der Waals surface area contributed by atoms with Crippen LogP contribution in [-0.2, 0) is 41.6 Å². The molecule has 0 aliphatic carbocycles. The molecule has 22 heteroatoms. The molecule has 5 amide bonds. The third-order valence-electron chi connectivity index (χ3n) is 9.31. The summed E-state index contributed by atoms with van der Waals surface area (Å²) in [7, 11) is 0. The SMILES string of the molecule is CC(C)C[C@H](N)C(=O)N[C@@H](CCCN=C(N)N)C(=O)N[C@@H](CCCCN)C(=O)N[C@@H](Cc1ccccc1)C(=O)N[C@@H](Cc1cnc[nH]1)C(=O)N[C@@H](CCCN=C(N)N)C(=O)O. The number of nitrogens with two attached hydrogens (primary N) is 6. The molecule has 0 spiro atoms. The highest BCUT2D eigenvalue weighted by atomic mass is 16.4. The van der Waals surface area contributed by atoms with E-state index in [1.807, 2.05) is 13.8 Å². The second-order valence-corrected chi connectivity index (χ2v) is 15.0. The highest BCUT2D eigenvalue weighted by molar-refractivity contribution is 5.96. The van der Waals surface area contributed by atoms with Gasteiger partial charge in [-0.05, 0) is 69.4 Å². The fraction of sp³-hybridized carbons (Fsp3) is 0.564. The third kappa shape index (κ3) is 20.5. The molecule has 2 aromatic rings.